The van der Waals surface area contributed by atoms with Crippen LogP contribution in [0.3, 0.4) is 0 Å². The van der Waals surface area contributed by atoms with E-state index in [0.717, 1.165) is 11.2 Å². The first-order valence-electron chi connectivity index (χ1n) is 9.69. The van der Waals surface area contributed by atoms with Gasteiger partial charge < -0.3 is 14.3 Å². The zero-order valence-electron chi connectivity index (χ0n) is 17.4. The molecule has 1 amide bonds. The molecule has 11 heteroatoms. The quantitative estimate of drug-likeness (QED) is 0.355. The van der Waals surface area contributed by atoms with E-state index in [4.69, 9.17) is 4.42 Å². The van der Waals surface area contributed by atoms with Gasteiger partial charge in [0.25, 0.3) is 15.9 Å². The third-order valence-corrected chi connectivity index (χ3v) is 6.98. The molecule has 2 heterocycles. The molecular formula is C22H19FN4O4S2. The summed E-state index contributed by atoms with van der Waals surface area (Å²) >= 11 is 1.48. The fourth-order valence-corrected chi connectivity index (χ4v) is 4.76. The minimum absolute atomic E-state index is 0.0312. The minimum Gasteiger partial charge on any atom is -0.455 e. The maximum absolute atomic E-state index is 13.3. The number of nitrogens with zero attached hydrogens (tertiary/aromatic N) is 2. The number of rotatable bonds is 8. The van der Waals surface area contributed by atoms with Crippen molar-refractivity contribution in [2.75, 3.05) is 10.0 Å². The maximum Gasteiger partial charge on any atom is 0.291 e. The number of nitrogens with one attached hydrogen (secondary N) is 2. The van der Waals surface area contributed by atoms with Crippen LogP contribution >= 0.6 is 11.8 Å². The van der Waals surface area contributed by atoms with Crippen molar-refractivity contribution in [3.05, 3.63) is 90.4 Å². The van der Waals surface area contributed by atoms with E-state index in [1.165, 1.54) is 54.2 Å². The van der Waals surface area contributed by atoms with Crippen molar-refractivity contribution >= 4 is 39.1 Å². The highest BCUT2D eigenvalue weighted by atomic mass is 32.2. The first-order chi connectivity index (χ1) is 15.8. The van der Waals surface area contributed by atoms with Crippen LogP contribution in [0.25, 0.3) is 0 Å². The minimum atomic E-state index is -3.91. The van der Waals surface area contributed by atoms with Crippen LogP contribution in [0.15, 0.2) is 87.5 Å². The second-order valence-electron chi connectivity index (χ2n) is 6.97. The number of imidazole rings is 1. The molecule has 2 aromatic heterocycles. The standard InChI is InChI=1S/C22H19FN4O4S2/c1-27-12-11-24-22(27)32-14-18-7-10-20(31-18)21(28)25-16-5-8-19(9-6-16)33(29,30)26-17-4-2-3-15(23)13-17/h2-13,26H,14H2,1H3,(H,25,28). The molecular weight excluding hydrogens is 467 g/mol. The van der Waals surface area contributed by atoms with E-state index in [2.05, 4.69) is 15.0 Å². The van der Waals surface area contributed by atoms with E-state index in [1.54, 1.807) is 18.3 Å². The molecule has 0 atom stereocenters. The van der Waals surface area contributed by atoms with Gasteiger partial charge in [-0.05, 0) is 54.6 Å². The molecule has 0 bridgehead atoms. The molecule has 0 radical (unpaired) electrons. The maximum atomic E-state index is 13.3. The van der Waals surface area contributed by atoms with E-state index in [1.807, 2.05) is 17.8 Å². The van der Waals surface area contributed by atoms with Crippen molar-refractivity contribution in [1.82, 2.24) is 9.55 Å². The van der Waals surface area contributed by atoms with Gasteiger partial charge >= 0.3 is 0 Å². The van der Waals surface area contributed by atoms with Crippen molar-refractivity contribution in [1.29, 1.82) is 0 Å². The Balaban J connectivity index is 1.37. The molecule has 0 unspecified atom stereocenters. The zero-order chi connectivity index (χ0) is 23.4. The third kappa shape index (κ3) is 5.62. The summed E-state index contributed by atoms with van der Waals surface area (Å²) in [7, 11) is -2.02. The molecule has 170 valence electrons. The molecule has 4 aromatic rings. The van der Waals surface area contributed by atoms with Crippen molar-refractivity contribution in [2.45, 2.75) is 15.8 Å². The highest BCUT2D eigenvalue weighted by molar-refractivity contribution is 7.98. The van der Waals surface area contributed by atoms with Crippen LogP contribution in [0.5, 0.6) is 0 Å². The van der Waals surface area contributed by atoms with Gasteiger partial charge in [0.05, 0.1) is 16.3 Å². The molecule has 8 nitrogen and oxygen atoms in total. The van der Waals surface area contributed by atoms with E-state index >= 15 is 0 Å². The Hall–Kier alpha value is -3.57. The lowest BCUT2D eigenvalue weighted by Gasteiger charge is -2.09. The highest BCUT2D eigenvalue weighted by Gasteiger charge is 2.16. The lowest BCUT2D eigenvalue weighted by Crippen LogP contribution is -2.14. The number of aryl methyl sites for hydroxylation is 1. The average Bonchev–Trinajstić information content (AvgIpc) is 3.41. The Morgan fingerprint density at radius 3 is 2.61 bits per heavy atom. The Bertz CT molecular complexity index is 1380. The largest absolute Gasteiger partial charge is 0.455 e. The lowest BCUT2D eigenvalue weighted by molar-refractivity contribution is 0.0995. The van der Waals surface area contributed by atoms with E-state index < -0.39 is 21.7 Å². The van der Waals surface area contributed by atoms with E-state index in [0.29, 0.717) is 17.2 Å². The van der Waals surface area contributed by atoms with Crippen LogP contribution in [-0.4, -0.2) is 23.9 Å². The molecule has 0 saturated heterocycles. The number of aromatic nitrogens is 2. The molecule has 0 aliphatic rings. The van der Waals surface area contributed by atoms with Gasteiger partial charge in [0.1, 0.15) is 11.6 Å². The van der Waals surface area contributed by atoms with Gasteiger partial charge in [0.2, 0.25) is 0 Å². The summed E-state index contributed by atoms with van der Waals surface area (Å²) < 4.78 is 48.1. The summed E-state index contributed by atoms with van der Waals surface area (Å²) in [6, 6.07) is 14.0. The van der Waals surface area contributed by atoms with Gasteiger partial charge in [0, 0.05) is 25.1 Å². The number of carbonyl (C=O) groups excluding carboxylic acids is 1. The number of benzene rings is 2. The molecule has 0 aliphatic carbocycles. The highest BCUT2D eigenvalue weighted by Crippen LogP contribution is 2.23. The lowest BCUT2D eigenvalue weighted by atomic mass is 10.3. The Morgan fingerprint density at radius 2 is 1.91 bits per heavy atom. The molecule has 0 spiro atoms. The number of anilines is 2. The van der Waals surface area contributed by atoms with Crippen molar-refractivity contribution in [3.63, 3.8) is 0 Å². The third-order valence-electron chi connectivity index (χ3n) is 4.51. The molecule has 0 saturated carbocycles. The summed E-state index contributed by atoms with van der Waals surface area (Å²) in [5, 5.41) is 3.50. The number of hydrogen-bond donors (Lipinski definition) is 2. The summed E-state index contributed by atoms with van der Waals surface area (Å²) in [4.78, 5) is 16.7. The van der Waals surface area contributed by atoms with Crippen molar-refractivity contribution < 1.29 is 22.0 Å². The molecule has 0 aliphatic heterocycles. The Kier molecular flexibility index (Phi) is 6.52. The molecule has 2 N–H and O–H groups in total. The van der Waals surface area contributed by atoms with Crippen LogP contribution in [0, 0.1) is 5.82 Å². The predicted molar refractivity (Wildman–Crippen MR) is 123 cm³/mol. The summed E-state index contributed by atoms with van der Waals surface area (Å²) in [6.07, 6.45) is 3.55. The fraction of sp³-hybridized carbons (Fsp3) is 0.0909. The SMILES string of the molecule is Cn1ccnc1SCc1ccc(C(=O)Nc2ccc(S(=O)(=O)Nc3cccc(F)c3)cc2)o1. The van der Waals surface area contributed by atoms with Crippen LogP contribution in [-0.2, 0) is 22.8 Å². The Labute approximate surface area is 193 Å². The molecule has 33 heavy (non-hydrogen) atoms. The number of amides is 1. The molecule has 4 rings (SSSR count). The van der Waals surface area contributed by atoms with Crippen LogP contribution in [0.4, 0.5) is 15.8 Å². The normalized spacial score (nSPS) is 11.3. The number of sulfonamides is 1. The smallest absolute Gasteiger partial charge is 0.291 e. The monoisotopic (exact) mass is 486 g/mol. The van der Waals surface area contributed by atoms with Gasteiger partial charge in [-0.1, -0.05) is 17.8 Å². The second-order valence-corrected chi connectivity index (χ2v) is 9.59. The summed E-state index contributed by atoms with van der Waals surface area (Å²) in [5.74, 6) is 0.262. The van der Waals surface area contributed by atoms with Gasteiger partial charge in [0.15, 0.2) is 10.9 Å². The molecule has 2 aromatic carbocycles. The van der Waals surface area contributed by atoms with Gasteiger partial charge in [-0.3, -0.25) is 9.52 Å². The van der Waals surface area contributed by atoms with Gasteiger partial charge in [-0.25, -0.2) is 17.8 Å². The average molecular weight is 487 g/mol. The first kappa shape index (κ1) is 22.6. The van der Waals surface area contributed by atoms with Crippen LogP contribution < -0.4 is 10.0 Å². The van der Waals surface area contributed by atoms with E-state index in [-0.39, 0.29) is 16.3 Å². The number of halogens is 1. The first-order valence-corrected chi connectivity index (χ1v) is 12.2. The van der Waals surface area contributed by atoms with Crippen LogP contribution in [0.1, 0.15) is 16.3 Å². The number of thioether (sulfide) groups is 1. The fourth-order valence-electron chi connectivity index (χ4n) is 2.88. The van der Waals surface area contributed by atoms with Crippen LogP contribution in [0.2, 0.25) is 0 Å². The summed E-state index contributed by atoms with van der Waals surface area (Å²) in [5.41, 5.74) is 0.507. The molecule has 0 fully saturated rings. The van der Waals surface area contributed by atoms with E-state index in [9.17, 15) is 17.6 Å². The van der Waals surface area contributed by atoms with Gasteiger partial charge in [-0.2, -0.15) is 0 Å². The van der Waals surface area contributed by atoms with Gasteiger partial charge in [-0.15, -0.1) is 0 Å². The predicted octanol–water partition coefficient (Wildman–Crippen LogP) is 4.50. The topological polar surface area (TPSA) is 106 Å². The van der Waals surface area contributed by atoms with Crippen molar-refractivity contribution in [2.24, 2.45) is 7.05 Å². The summed E-state index contributed by atoms with van der Waals surface area (Å²) in [6.45, 7) is 0. The second kappa shape index (κ2) is 9.51. The zero-order valence-corrected chi connectivity index (χ0v) is 19.0. The Morgan fingerprint density at radius 1 is 1.12 bits per heavy atom. The van der Waals surface area contributed by atoms with Crippen molar-refractivity contribution in [3.8, 4) is 0 Å². The number of furan rings is 1. The number of carbonyl (C=O) groups is 1. The number of hydrogen-bond acceptors (Lipinski definition) is 6.